The largest absolute Gasteiger partial charge is 0.505 e. The molecule has 0 aliphatic heterocycles. The Bertz CT molecular complexity index is 778. The Kier molecular flexibility index (Phi) is 5.28. The number of aryl methyl sites for hydroxylation is 1. The maximum atomic E-state index is 12.5. The van der Waals surface area contributed by atoms with Crippen LogP contribution in [-0.2, 0) is 16.0 Å². The number of carbonyl (C=O) groups excluding carboxylic acids is 1. The van der Waals surface area contributed by atoms with Crippen molar-refractivity contribution in [2.75, 3.05) is 0 Å². The van der Waals surface area contributed by atoms with Crippen LogP contribution in [0, 0.1) is 22.1 Å². The fourth-order valence-corrected chi connectivity index (χ4v) is 4.93. The Hall–Kier alpha value is -2.35. The van der Waals surface area contributed by atoms with Crippen molar-refractivity contribution in [3.8, 4) is 0 Å². The van der Waals surface area contributed by atoms with E-state index in [1.165, 1.54) is 0 Å². The van der Waals surface area contributed by atoms with E-state index >= 15 is 0 Å². The number of rotatable bonds is 6. The zero-order valence-electron chi connectivity index (χ0n) is 16.4. The summed E-state index contributed by atoms with van der Waals surface area (Å²) in [6.45, 7) is 6.66. The molecule has 0 saturated heterocycles. The van der Waals surface area contributed by atoms with Crippen LogP contribution in [0.4, 0.5) is 0 Å². The number of carbonyl (C=O) groups is 1. The fourth-order valence-electron chi connectivity index (χ4n) is 4.93. The van der Waals surface area contributed by atoms with Crippen molar-refractivity contribution in [3.63, 3.8) is 0 Å². The molecule has 1 aromatic carbocycles. The van der Waals surface area contributed by atoms with E-state index < -0.39 is 5.97 Å². The predicted octanol–water partition coefficient (Wildman–Crippen LogP) is 5.39. The third-order valence-corrected chi connectivity index (χ3v) is 7.25. The first kappa shape index (κ1) is 19.4. The Labute approximate surface area is 161 Å². The molecule has 2 bridgehead atoms. The number of aliphatic hydroxyl groups is 1. The van der Waals surface area contributed by atoms with Gasteiger partial charge in [-0.25, -0.2) is 4.79 Å². The molecule has 1 aromatic rings. The lowest BCUT2D eigenvalue weighted by Gasteiger charge is -2.38. The van der Waals surface area contributed by atoms with Crippen LogP contribution < -0.4 is 0 Å². The van der Waals surface area contributed by atoms with E-state index in [9.17, 15) is 15.3 Å². The highest BCUT2D eigenvalue weighted by molar-refractivity contribution is 5.90. The van der Waals surface area contributed by atoms with Gasteiger partial charge in [-0.3, -0.25) is 0 Å². The van der Waals surface area contributed by atoms with Gasteiger partial charge in [0.05, 0.1) is 0 Å². The second-order valence-corrected chi connectivity index (χ2v) is 8.74. The van der Waals surface area contributed by atoms with E-state index in [1.807, 2.05) is 30.3 Å². The van der Waals surface area contributed by atoms with Crippen molar-refractivity contribution in [1.29, 1.82) is 5.39 Å². The molecule has 2 saturated carbocycles. The molecule has 0 unspecified atom stereocenters. The molecule has 2 fully saturated rings. The van der Waals surface area contributed by atoms with Gasteiger partial charge in [0.15, 0.2) is 10.7 Å². The van der Waals surface area contributed by atoms with E-state index in [2.05, 4.69) is 25.7 Å². The zero-order chi connectivity index (χ0) is 19.7. The smallest absolute Gasteiger partial charge is 0.505 e. The minimum absolute atomic E-state index is 0.0726. The number of benzene rings is 1. The van der Waals surface area contributed by atoms with Crippen LogP contribution >= 0.6 is 0 Å². The zero-order valence-corrected chi connectivity index (χ0v) is 16.4. The Morgan fingerprint density at radius 3 is 2.56 bits per heavy atom. The van der Waals surface area contributed by atoms with Gasteiger partial charge in [0.1, 0.15) is 6.10 Å². The van der Waals surface area contributed by atoms with Crippen molar-refractivity contribution in [3.05, 3.63) is 52.3 Å². The molecule has 3 atom stereocenters. The SMILES string of the molecule is CC1(C)[C@H]2CC[C@]1(C)[C@H](OC(=O)/C([N+]#N)=C(\O)CCCc1ccccc1)C2. The summed E-state index contributed by atoms with van der Waals surface area (Å²) in [5.74, 6) is -0.409. The molecule has 5 heteroatoms. The molecule has 0 spiro atoms. The van der Waals surface area contributed by atoms with E-state index in [0.717, 1.165) is 31.2 Å². The van der Waals surface area contributed by atoms with Gasteiger partial charge in [-0.1, -0.05) is 51.1 Å². The molecule has 1 N–H and O–H groups in total. The first-order valence-corrected chi connectivity index (χ1v) is 9.81. The lowest BCUT2D eigenvalue weighted by molar-refractivity contribution is -0.151. The van der Waals surface area contributed by atoms with Crippen molar-refractivity contribution >= 4 is 5.97 Å². The van der Waals surface area contributed by atoms with Crippen LogP contribution in [0.2, 0.25) is 0 Å². The topological polar surface area (TPSA) is 74.7 Å². The highest BCUT2D eigenvalue weighted by Gasteiger charge is 2.63. The number of allylic oxidation sites excluding steroid dienone is 1. The maximum absolute atomic E-state index is 12.5. The van der Waals surface area contributed by atoms with Crippen LogP contribution in [0.3, 0.4) is 0 Å². The molecule has 144 valence electrons. The minimum Gasteiger partial charge on any atom is -0.505 e. The predicted molar refractivity (Wildman–Crippen MR) is 103 cm³/mol. The quantitative estimate of drug-likeness (QED) is 0.316. The summed E-state index contributed by atoms with van der Waals surface area (Å²) in [4.78, 5) is 15.6. The van der Waals surface area contributed by atoms with Crippen molar-refractivity contribution in [2.24, 2.45) is 16.7 Å². The number of hydrogen-bond donors (Lipinski definition) is 1. The molecule has 3 rings (SSSR count). The second-order valence-electron chi connectivity index (χ2n) is 8.74. The highest BCUT2D eigenvalue weighted by Crippen LogP contribution is 2.66. The lowest BCUT2D eigenvalue weighted by atomic mass is 9.70. The van der Waals surface area contributed by atoms with Crippen LogP contribution in [0.15, 0.2) is 41.8 Å². The molecule has 2 aliphatic rings. The highest BCUT2D eigenvalue weighted by atomic mass is 16.5. The van der Waals surface area contributed by atoms with Crippen LogP contribution in [0.1, 0.15) is 58.4 Å². The summed E-state index contributed by atoms with van der Waals surface area (Å²) in [7, 11) is 0. The summed E-state index contributed by atoms with van der Waals surface area (Å²) < 4.78 is 5.71. The average molecular weight is 369 g/mol. The summed E-state index contributed by atoms with van der Waals surface area (Å²) in [6.07, 6.45) is 4.51. The first-order chi connectivity index (χ1) is 12.8. The molecule has 0 amide bonds. The molecular formula is C22H29N2O3+. The number of fused-ring (bicyclic) bond motifs is 2. The minimum atomic E-state index is -0.732. The van der Waals surface area contributed by atoms with Crippen LogP contribution in [0.25, 0.3) is 4.98 Å². The van der Waals surface area contributed by atoms with Crippen molar-refractivity contribution in [1.82, 2.24) is 0 Å². The fraction of sp³-hybridized carbons (Fsp3) is 0.591. The summed E-state index contributed by atoms with van der Waals surface area (Å²) >= 11 is 0. The maximum Gasteiger partial charge on any atom is 0.505 e. The number of diazo groups is 1. The molecule has 0 heterocycles. The van der Waals surface area contributed by atoms with Crippen molar-refractivity contribution in [2.45, 2.75) is 65.4 Å². The number of ether oxygens (including phenoxy) is 1. The number of hydrogen-bond acceptors (Lipinski definition) is 4. The summed E-state index contributed by atoms with van der Waals surface area (Å²) in [6, 6.07) is 9.92. The Morgan fingerprint density at radius 2 is 2.00 bits per heavy atom. The number of nitrogens with zero attached hydrogens (tertiary/aromatic N) is 2. The van der Waals surface area contributed by atoms with E-state index in [-0.39, 0.29) is 34.8 Å². The monoisotopic (exact) mass is 369 g/mol. The Balaban J connectivity index is 1.62. The molecule has 5 nitrogen and oxygen atoms in total. The third-order valence-electron chi connectivity index (χ3n) is 7.25. The van der Waals surface area contributed by atoms with Gasteiger partial charge >= 0.3 is 11.7 Å². The van der Waals surface area contributed by atoms with E-state index in [0.29, 0.717) is 12.3 Å². The molecule has 0 radical (unpaired) electrons. The van der Waals surface area contributed by atoms with Gasteiger partial charge in [-0.05, 0) is 49.0 Å². The molecular weight excluding hydrogens is 340 g/mol. The summed E-state index contributed by atoms with van der Waals surface area (Å²) in [5.41, 5.74) is 0.840. The Morgan fingerprint density at radius 1 is 1.30 bits per heavy atom. The summed E-state index contributed by atoms with van der Waals surface area (Å²) in [5, 5.41) is 19.5. The second kappa shape index (κ2) is 7.34. The average Bonchev–Trinajstić information content (AvgIpc) is 2.97. The van der Waals surface area contributed by atoms with Crippen molar-refractivity contribution < 1.29 is 14.6 Å². The molecule has 2 aliphatic carbocycles. The van der Waals surface area contributed by atoms with Gasteiger partial charge in [0.2, 0.25) is 5.39 Å². The van der Waals surface area contributed by atoms with Gasteiger partial charge < -0.3 is 9.84 Å². The first-order valence-electron chi connectivity index (χ1n) is 9.81. The van der Waals surface area contributed by atoms with E-state index in [4.69, 9.17) is 4.74 Å². The van der Waals surface area contributed by atoms with Gasteiger partial charge in [0.25, 0.3) is 0 Å². The lowest BCUT2D eigenvalue weighted by Crippen LogP contribution is -2.38. The van der Waals surface area contributed by atoms with Gasteiger partial charge in [0, 0.05) is 11.8 Å². The molecule has 0 aromatic heterocycles. The van der Waals surface area contributed by atoms with Gasteiger partial charge in [-0.15, -0.1) is 0 Å². The standard InChI is InChI=1S/C22H28N2O3/c1-21(2)16-12-13-22(21,3)18(14-16)27-20(26)19(24-23)17(25)11-7-10-15-8-5-4-6-9-15/h4-6,8-9,16,18H,7,10-14H2,1-3H3/p+1/t16-,18+,22+/m0/s1. The normalized spacial score (nSPS) is 29.1. The van der Waals surface area contributed by atoms with Gasteiger partial charge in [-0.2, -0.15) is 0 Å². The molecule has 27 heavy (non-hydrogen) atoms. The van der Waals surface area contributed by atoms with E-state index in [1.54, 1.807) is 0 Å². The van der Waals surface area contributed by atoms with Crippen LogP contribution in [0.5, 0.6) is 0 Å². The van der Waals surface area contributed by atoms with Crippen LogP contribution in [-0.4, -0.2) is 17.2 Å². The number of esters is 1. The third kappa shape index (κ3) is 3.45. The number of aliphatic hydroxyl groups excluding tert-OH is 1.